The van der Waals surface area contributed by atoms with Crippen LogP contribution in [0.4, 0.5) is 0 Å². The third-order valence-corrected chi connectivity index (χ3v) is 3.13. The molecule has 3 rings (SSSR count). The summed E-state index contributed by atoms with van der Waals surface area (Å²) in [6, 6.07) is 11.6. The van der Waals surface area contributed by atoms with Gasteiger partial charge in [0.1, 0.15) is 12.0 Å². The summed E-state index contributed by atoms with van der Waals surface area (Å²) >= 11 is 0. The van der Waals surface area contributed by atoms with Crippen LogP contribution in [0, 0.1) is 0 Å². The first-order valence-electron chi connectivity index (χ1n) is 6.78. The zero-order valence-electron chi connectivity index (χ0n) is 11.6. The molecule has 0 saturated heterocycles. The fraction of sp³-hybridized carbons (Fsp3) is 0.118. The molecular weight excluding hydrogens is 266 g/mol. The van der Waals surface area contributed by atoms with Gasteiger partial charge in [-0.1, -0.05) is 36.4 Å². The molecule has 1 N–H and O–H groups in total. The summed E-state index contributed by atoms with van der Waals surface area (Å²) in [4.78, 5) is 14.7. The maximum atomic E-state index is 11.7. The molecule has 4 heteroatoms. The van der Waals surface area contributed by atoms with Gasteiger partial charge in [0.25, 0.3) is 0 Å². The summed E-state index contributed by atoms with van der Waals surface area (Å²) in [5.41, 5.74) is 3.84. The average molecular weight is 281 g/mol. The van der Waals surface area contributed by atoms with E-state index in [1.807, 2.05) is 42.5 Å². The number of furan rings is 1. The summed E-state index contributed by atoms with van der Waals surface area (Å²) < 4.78 is 10.4. The highest BCUT2D eigenvalue weighted by Gasteiger charge is 2.14. The van der Waals surface area contributed by atoms with Gasteiger partial charge in [0.15, 0.2) is 5.58 Å². The van der Waals surface area contributed by atoms with Crippen molar-refractivity contribution in [2.24, 2.45) is 0 Å². The van der Waals surface area contributed by atoms with E-state index in [1.165, 1.54) is 0 Å². The molecule has 0 amide bonds. The summed E-state index contributed by atoms with van der Waals surface area (Å²) in [6.07, 6.45) is 5.61. The number of benzene rings is 1. The van der Waals surface area contributed by atoms with Crippen LogP contribution in [0.15, 0.2) is 47.1 Å². The van der Waals surface area contributed by atoms with Crippen LogP contribution in [0.1, 0.15) is 28.5 Å². The standard InChI is InChI=1S/C17H15NO3/c1-2-20-17(19)14-10-15-16(18-14)13(11-21-15)9-8-12-6-4-3-5-7-12/h3-11,18H,2H2,1H3/b9-8+. The van der Waals surface area contributed by atoms with Crippen molar-refractivity contribution in [3.05, 3.63) is 59.5 Å². The minimum absolute atomic E-state index is 0.347. The fourth-order valence-electron chi connectivity index (χ4n) is 2.12. The number of ether oxygens (including phenoxy) is 1. The average Bonchev–Trinajstić information content (AvgIpc) is 3.07. The monoisotopic (exact) mass is 281 g/mol. The van der Waals surface area contributed by atoms with E-state index in [-0.39, 0.29) is 5.97 Å². The Hall–Kier alpha value is -2.75. The van der Waals surface area contributed by atoms with E-state index in [0.717, 1.165) is 16.6 Å². The van der Waals surface area contributed by atoms with Gasteiger partial charge in [-0.25, -0.2) is 4.79 Å². The Balaban J connectivity index is 1.89. The second-order valence-corrected chi connectivity index (χ2v) is 4.58. The van der Waals surface area contributed by atoms with Crippen LogP contribution >= 0.6 is 0 Å². The minimum Gasteiger partial charge on any atom is -0.462 e. The van der Waals surface area contributed by atoms with Crippen molar-refractivity contribution >= 4 is 29.2 Å². The molecule has 0 aliphatic carbocycles. The number of esters is 1. The molecule has 0 radical (unpaired) electrons. The lowest BCUT2D eigenvalue weighted by Gasteiger charge is -1.97. The molecule has 0 aliphatic rings. The second kappa shape index (κ2) is 5.71. The van der Waals surface area contributed by atoms with E-state index in [1.54, 1.807) is 19.3 Å². The minimum atomic E-state index is -0.373. The fourth-order valence-corrected chi connectivity index (χ4v) is 2.12. The number of carbonyl (C=O) groups is 1. The molecule has 0 spiro atoms. The van der Waals surface area contributed by atoms with E-state index in [0.29, 0.717) is 17.9 Å². The Morgan fingerprint density at radius 2 is 2.10 bits per heavy atom. The third-order valence-electron chi connectivity index (χ3n) is 3.13. The lowest BCUT2D eigenvalue weighted by molar-refractivity contribution is 0.0520. The highest BCUT2D eigenvalue weighted by atomic mass is 16.5. The van der Waals surface area contributed by atoms with Gasteiger partial charge in [0, 0.05) is 11.6 Å². The number of nitrogens with one attached hydrogen (secondary N) is 1. The first-order valence-corrected chi connectivity index (χ1v) is 6.78. The van der Waals surface area contributed by atoms with Gasteiger partial charge in [0.05, 0.1) is 12.1 Å². The number of aromatic nitrogens is 1. The molecule has 3 aromatic rings. The largest absolute Gasteiger partial charge is 0.462 e. The number of carbonyl (C=O) groups excluding carboxylic acids is 1. The number of hydrogen-bond acceptors (Lipinski definition) is 3. The molecule has 0 atom stereocenters. The first-order chi connectivity index (χ1) is 10.3. The lowest BCUT2D eigenvalue weighted by Crippen LogP contribution is -2.04. The number of rotatable bonds is 4. The summed E-state index contributed by atoms with van der Waals surface area (Å²) in [5, 5.41) is 0. The smallest absolute Gasteiger partial charge is 0.354 e. The Labute approximate surface area is 122 Å². The van der Waals surface area contributed by atoms with Gasteiger partial charge in [-0.2, -0.15) is 0 Å². The van der Waals surface area contributed by atoms with Crippen LogP contribution in [0.5, 0.6) is 0 Å². The molecule has 21 heavy (non-hydrogen) atoms. The summed E-state index contributed by atoms with van der Waals surface area (Å²) in [7, 11) is 0. The lowest BCUT2D eigenvalue weighted by atomic mass is 10.2. The van der Waals surface area contributed by atoms with E-state index < -0.39 is 0 Å². The van der Waals surface area contributed by atoms with Crippen molar-refractivity contribution in [2.45, 2.75) is 6.92 Å². The van der Waals surface area contributed by atoms with Crippen molar-refractivity contribution < 1.29 is 13.9 Å². The quantitative estimate of drug-likeness (QED) is 0.732. The Kier molecular flexibility index (Phi) is 3.60. The van der Waals surface area contributed by atoms with Crippen LogP contribution in [-0.4, -0.2) is 17.6 Å². The maximum absolute atomic E-state index is 11.7. The van der Waals surface area contributed by atoms with Crippen LogP contribution in [0.2, 0.25) is 0 Å². The number of aromatic amines is 1. The Bertz CT molecular complexity index is 781. The van der Waals surface area contributed by atoms with Crippen LogP contribution < -0.4 is 0 Å². The molecule has 0 bridgehead atoms. The van der Waals surface area contributed by atoms with Gasteiger partial charge < -0.3 is 14.1 Å². The van der Waals surface area contributed by atoms with Crippen molar-refractivity contribution in [3.8, 4) is 0 Å². The normalized spacial score (nSPS) is 11.3. The molecular formula is C17H15NO3. The van der Waals surface area contributed by atoms with Crippen molar-refractivity contribution in [2.75, 3.05) is 6.61 Å². The number of fused-ring (bicyclic) bond motifs is 1. The maximum Gasteiger partial charge on any atom is 0.354 e. The number of hydrogen-bond donors (Lipinski definition) is 1. The Morgan fingerprint density at radius 1 is 1.29 bits per heavy atom. The molecule has 106 valence electrons. The molecule has 0 unspecified atom stereocenters. The van der Waals surface area contributed by atoms with E-state index in [4.69, 9.17) is 9.15 Å². The predicted molar refractivity (Wildman–Crippen MR) is 81.9 cm³/mol. The molecule has 1 aromatic carbocycles. The SMILES string of the molecule is CCOC(=O)c1cc2occ(/C=C/c3ccccc3)c2[nH]1. The third kappa shape index (κ3) is 2.74. The zero-order valence-corrected chi connectivity index (χ0v) is 11.6. The topological polar surface area (TPSA) is 55.2 Å². The van der Waals surface area contributed by atoms with E-state index in [9.17, 15) is 4.79 Å². The first kappa shape index (κ1) is 13.2. The summed E-state index contributed by atoms with van der Waals surface area (Å²) in [5.74, 6) is -0.373. The van der Waals surface area contributed by atoms with Gasteiger partial charge in [-0.3, -0.25) is 0 Å². The molecule has 0 fully saturated rings. The predicted octanol–water partition coefficient (Wildman–Crippen LogP) is 4.11. The van der Waals surface area contributed by atoms with Crippen molar-refractivity contribution in [1.82, 2.24) is 4.98 Å². The highest BCUT2D eigenvalue weighted by Crippen LogP contribution is 2.24. The molecule has 4 nitrogen and oxygen atoms in total. The Morgan fingerprint density at radius 3 is 2.86 bits per heavy atom. The van der Waals surface area contributed by atoms with Crippen LogP contribution in [0.3, 0.4) is 0 Å². The van der Waals surface area contributed by atoms with Crippen molar-refractivity contribution in [1.29, 1.82) is 0 Å². The van der Waals surface area contributed by atoms with Gasteiger partial charge in [-0.15, -0.1) is 0 Å². The van der Waals surface area contributed by atoms with Crippen LogP contribution in [-0.2, 0) is 4.74 Å². The van der Waals surface area contributed by atoms with Crippen LogP contribution in [0.25, 0.3) is 23.3 Å². The second-order valence-electron chi connectivity index (χ2n) is 4.58. The van der Waals surface area contributed by atoms with Gasteiger partial charge in [-0.05, 0) is 18.6 Å². The van der Waals surface area contributed by atoms with Crippen molar-refractivity contribution in [3.63, 3.8) is 0 Å². The van der Waals surface area contributed by atoms with Gasteiger partial charge in [0.2, 0.25) is 0 Å². The highest BCUT2D eigenvalue weighted by molar-refractivity contribution is 5.96. The molecule has 0 aliphatic heterocycles. The van der Waals surface area contributed by atoms with E-state index >= 15 is 0 Å². The summed E-state index contributed by atoms with van der Waals surface area (Å²) in [6.45, 7) is 2.12. The van der Waals surface area contributed by atoms with Gasteiger partial charge >= 0.3 is 5.97 Å². The molecule has 2 heterocycles. The van der Waals surface area contributed by atoms with E-state index in [2.05, 4.69) is 4.98 Å². The molecule has 0 saturated carbocycles. The molecule has 2 aromatic heterocycles. The number of H-pyrrole nitrogens is 1. The zero-order chi connectivity index (χ0) is 14.7.